The van der Waals surface area contributed by atoms with Crippen molar-refractivity contribution in [2.75, 3.05) is 6.61 Å². The summed E-state index contributed by atoms with van der Waals surface area (Å²) >= 11 is 0. The predicted octanol–water partition coefficient (Wildman–Crippen LogP) is 2.11. The molecule has 0 aliphatic rings. The molecule has 0 saturated carbocycles. The minimum absolute atomic E-state index is 0.0837. The number of ether oxygens (including phenoxy) is 1. The predicted molar refractivity (Wildman–Crippen MR) is 66.1 cm³/mol. The molecule has 96 valence electrons. The van der Waals surface area contributed by atoms with Crippen molar-refractivity contribution in [3.63, 3.8) is 0 Å². The van der Waals surface area contributed by atoms with Crippen LogP contribution >= 0.6 is 0 Å². The van der Waals surface area contributed by atoms with Crippen LogP contribution in [0.2, 0.25) is 0 Å². The van der Waals surface area contributed by atoms with E-state index in [1.807, 2.05) is 6.07 Å². The van der Waals surface area contributed by atoms with Crippen LogP contribution in [0.15, 0.2) is 43.0 Å². The minimum Gasteiger partial charge on any atom is -0.481 e. The van der Waals surface area contributed by atoms with E-state index in [1.165, 1.54) is 6.08 Å². The van der Waals surface area contributed by atoms with Crippen molar-refractivity contribution in [1.29, 1.82) is 0 Å². The standard InChI is InChI=1S/C13H15NO4/c1-2-8-18-13(17)14-11(9-12(15)16)10-6-4-3-5-7-10/h2-7,11H,1,8-9H2,(H,14,17)(H,15,16)/t11-/m1/s1. The number of alkyl carbamates (subject to hydrolysis) is 1. The first-order chi connectivity index (χ1) is 8.63. The zero-order valence-electron chi connectivity index (χ0n) is 9.83. The number of amides is 1. The van der Waals surface area contributed by atoms with Gasteiger partial charge in [-0.25, -0.2) is 4.79 Å². The van der Waals surface area contributed by atoms with Crippen molar-refractivity contribution in [2.24, 2.45) is 0 Å². The van der Waals surface area contributed by atoms with E-state index < -0.39 is 18.1 Å². The first-order valence-corrected chi connectivity index (χ1v) is 5.44. The van der Waals surface area contributed by atoms with Crippen LogP contribution in [0.1, 0.15) is 18.0 Å². The van der Waals surface area contributed by atoms with Crippen molar-refractivity contribution in [3.8, 4) is 0 Å². The first kappa shape index (κ1) is 13.8. The monoisotopic (exact) mass is 249 g/mol. The van der Waals surface area contributed by atoms with E-state index in [0.717, 1.165) is 5.56 Å². The van der Waals surface area contributed by atoms with Gasteiger partial charge in [0.25, 0.3) is 0 Å². The summed E-state index contributed by atoms with van der Waals surface area (Å²) in [6.45, 7) is 3.50. The smallest absolute Gasteiger partial charge is 0.407 e. The Hall–Kier alpha value is -2.30. The molecule has 18 heavy (non-hydrogen) atoms. The molecule has 1 rings (SSSR count). The molecule has 0 heterocycles. The minimum atomic E-state index is -0.993. The Kier molecular flexibility index (Phi) is 5.44. The number of hydrogen-bond acceptors (Lipinski definition) is 3. The summed E-state index contributed by atoms with van der Waals surface area (Å²) in [6, 6.07) is 8.27. The molecule has 0 aliphatic heterocycles. The van der Waals surface area contributed by atoms with E-state index >= 15 is 0 Å². The number of carbonyl (C=O) groups excluding carboxylic acids is 1. The quantitative estimate of drug-likeness (QED) is 0.757. The molecule has 1 atom stereocenters. The highest BCUT2D eigenvalue weighted by Gasteiger charge is 2.18. The highest BCUT2D eigenvalue weighted by molar-refractivity contribution is 5.72. The fourth-order valence-electron chi connectivity index (χ4n) is 1.43. The fourth-order valence-corrected chi connectivity index (χ4v) is 1.43. The van der Waals surface area contributed by atoms with Crippen LogP contribution in [0.3, 0.4) is 0 Å². The maximum atomic E-state index is 11.4. The second-order valence-corrected chi connectivity index (χ2v) is 3.59. The summed E-state index contributed by atoms with van der Waals surface area (Å²) in [5.41, 5.74) is 0.718. The normalized spacial score (nSPS) is 11.3. The van der Waals surface area contributed by atoms with Crippen LogP contribution in [0.4, 0.5) is 4.79 Å². The van der Waals surface area contributed by atoms with Crippen LogP contribution in [-0.2, 0) is 9.53 Å². The zero-order chi connectivity index (χ0) is 13.4. The van der Waals surface area contributed by atoms with Crippen LogP contribution in [-0.4, -0.2) is 23.8 Å². The second kappa shape index (κ2) is 7.11. The van der Waals surface area contributed by atoms with Crippen LogP contribution in [0.25, 0.3) is 0 Å². The van der Waals surface area contributed by atoms with Gasteiger partial charge in [0.2, 0.25) is 0 Å². The molecule has 0 aromatic heterocycles. The Morgan fingerprint density at radius 1 is 1.39 bits per heavy atom. The van der Waals surface area contributed by atoms with Crippen LogP contribution < -0.4 is 5.32 Å². The van der Waals surface area contributed by atoms with Gasteiger partial charge in [-0.1, -0.05) is 43.0 Å². The number of carboxylic acid groups (broad SMARTS) is 1. The van der Waals surface area contributed by atoms with Gasteiger partial charge in [0.05, 0.1) is 12.5 Å². The van der Waals surface area contributed by atoms with Gasteiger partial charge in [-0.2, -0.15) is 0 Å². The lowest BCUT2D eigenvalue weighted by molar-refractivity contribution is -0.137. The molecule has 2 N–H and O–H groups in total. The molecular formula is C13H15NO4. The largest absolute Gasteiger partial charge is 0.481 e. The van der Waals surface area contributed by atoms with Crippen molar-refractivity contribution in [3.05, 3.63) is 48.6 Å². The van der Waals surface area contributed by atoms with Gasteiger partial charge >= 0.3 is 12.1 Å². The highest BCUT2D eigenvalue weighted by Crippen LogP contribution is 2.16. The van der Waals surface area contributed by atoms with Gasteiger partial charge in [-0.05, 0) is 5.56 Å². The Morgan fingerprint density at radius 2 is 2.06 bits per heavy atom. The fraction of sp³-hybridized carbons (Fsp3) is 0.231. The summed E-state index contributed by atoms with van der Waals surface area (Å²) in [5, 5.41) is 11.3. The van der Waals surface area contributed by atoms with E-state index in [9.17, 15) is 9.59 Å². The molecule has 0 bridgehead atoms. The zero-order valence-corrected chi connectivity index (χ0v) is 9.83. The van der Waals surface area contributed by atoms with Crippen LogP contribution in [0.5, 0.6) is 0 Å². The number of carboxylic acids is 1. The number of hydrogen-bond donors (Lipinski definition) is 2. The lowest BCUT2D eigenvalue weighted by Gasteiger charge is -2.16. The van der Waals surface area contributed by atoms with Gasteiger partial charge in [-0.3, -0.25) is 4.79 Å². The van der Waals surface area contributed by atoms with Gasteiger partial charge < -0.3 is 15.2 Å². The first-order valence-electron chi connectivity index (χ1n) is 5.44. The molecule has 0 aliphatic carbocycles. The van der Waals surface area contributed by atoms with E-state index in [4.69, 9.17) is 9.84 Å². The number of carbonyl (C=O) groups is 2. The summed E-state index contributed by atoms with van der Waals surface area (Å²) in [4.78, 5) is 22.2. The van der Waals surface area contributed by atoms with E-state index in [-0.39, 0.29) is 13.0 Å². The highest BCUT2D eigenvalue weighted by atomic mass is 16.5. The summed E-state index contributed by atoms with van der Waals surface area (Å²) < 4.78 is 4.76. The molecule has 1 aromatic carbocycles. The number of aliphatic carboxylic acids is 1. The molecule has 0 radical (unpaired) electrons. The maximum Gasteiger partial charge on any atom is 0.407 e. The lowest BCUT2D eigenvalue weighted by atomic mass is 10.0. The molecule has 0 fully saturated rings. The molecule has 0 saturated heterocycles. The van der Waals surface area contributed by atoms with Crippen molar-refractivity contribution in [2.45, 2.75) is 12.5 Å². The number of benzene rings is 1. The molecule has 0 spiro atoms. The third kappa shape index (κ3) is 4.69. The van der Waals surface area contributed by atoms with Crippen molar-refractivity contribution in [1.82, 2.24) is 5.32 Å². The third-order valence-corrected chi connectivity index (χ3v) is 2.21. The SMILES string of the molecule is C=CCOC(=O)N[C@H](CC(=O)O)c1ccccc1. The topological polar surface area (TPSA) is 75.6 Å². The van der Waals surface area contributed by atoms with Gasteiger partial charge in [0, 0.05) is 0 Å². The lowest BCUT2D eigenvalue weighted by Crippen LogP contribution is -2.30. The Morgan fingerprint density at radius 3 is 2.61 bits per heavy atom. The average molecular weight is 249 g/mol. The average Bonchev–Trinajstić information content (AvgIpc) is 2.36. The summed E-state index contributed by atoms with van der Waals surface area (Å²) in [7, 11) is 0. The summed E-state index contributed by atoms with van der Waals surface area (Å²) in [6.07, 6.45) is 0.576. The molecule has 5 heteroatoms. The van der Waals surface area contributed by atoms with Crippen molar-refractivity contribution < 1.29 is 19.4 Å². The van der Waals surface area contributed by atoms with E-state index in [2.05, 4.69) is 11.9 Å². The molecule has 5 nitrogen and oxygen atoms in total. The Balaban J connectivity index is 2.70. The van der Waals surface area contributed by atoms with Crippen LogP contribution in [0, 0.1) is 0 Å². The third-order valence-electron chi connectivity index (χ3n) is 2.21. The Labute approximate surface area is 105 Å². The number of rotatable bonds is 6. The molecule has 1 aromatic rings. The van der Waals surface area contributed by atoms with Crippen molar-refractivity contribution >= 4 is 12.1 Å². The van der Waals surface area contributed by atoms with Gasteiger partial charge in [0.15, 0.2) is 0 Å². The second-order valence-electron chi connectivity index (χ2n) is 3.59. The van der Waals surface area contributed by atoms with E-state index in [1.54, 1.807) is 24.3 Å². The number of nitrogens with one attached hydrogen (secondary N) is 1. The summed E-state index contributed by atoms with van der Waals surface area (Å²) in [5.74, 6) is -0.993. The molecule has 1 amide bonds. The van der Waals surface area contributed by atoms with Gasteiger partial charge in [-0.15, -0.1) is 0 Å². The maximum absolute atomic E-state index is 11.4. The van der Waals surface area contributed by atoms with Gasteiger partial charge in [0.1, 0.15) is 6.61 Å². The molecule has 0 unspecified atom stereocenters. The Bertz CT molecular complexity index is 416. The molecular weight excluding hydrogens is 234 g/mol. The van der Waals surface area contributed by atoms with E-state index in [0.29, 0.717) is 0 Å².